The molecule has 0 spiro atoms. The summed E-state index contributed by atoms with van der Waals surface area (Å²) in [6.07, 6.45) is 3.98. The van der Waals surface area contributed by atoms with Crippen molar-refractivity contribution in [3.05, 3.63) is 35.4 Å². The second-order valence-electron chi connectivity index (χ2n) is 4.31. The minimum Gasteiger partial charge on any atom is -0.478 e. The number of hydrogen-bond donors (Lipinski definition) is 2. The van der Waals surface area contributed by atoms with Gasteiger partial charge in [0.05, 0.1) is 11.9 Å². The number of carboxylic acid groups (broad SMARTS) is 1. The lowest BCUT2D eigenvalue weighted by Gasteiger charge is -2.07. The summed E-state index contributed by atoms with van der Waals surface area (Å²) >= 11 is 0. The predicted octanol–water partition coefficient (Wildman–Crippen LogP) is 0.184. The van der Waals surface area contributed by atoms with Gasteiger partial charge in [0.15, 0.2) is 0 Å². The molecule has 2 heterocycles. The maximum atomic E-state index is 11.0. The highest BCUT2D eigenvalue weighted by Gasteiger charge is 2.14. The van der Waals surface area contributed by atoms with Crippen LogP contribution >= 0.6 is 0 Å². The standard InChI is InChI=1S/C12H17N5O2/c1-16-9(4-6-14-16)3-5-13-8-11-10(12(18)19)7-15-17(11)2/h4,6-7,13H,3,5,8H2,1-2H3,(H,18,19). The van der Waals surface area contributed by atoms with Crippen molar-refractivity contribution in [1.29, 1.82) is 0 Å². The Kier molecular flexibility index (Phi) is 3.96. The van der Waals surface area contributed by atoms with Gasteiger partial charge in [-0.05, 0) is 6.07 Å². The number of carboxylic acids is 1. The van der Waals surface area contributed by atoms with E-state index in [2.05, 4.69) is 15.5 Å². The number of rotatable bonds is 6. The van der Waals surface area contributed by atoms with Gasteiger partial charge < -0.3 is 10.4 Å². The fraction of sp³-hybridized carbons (Fsp3) is 0.417. The van der Waals surface area contributed by atoms with E-state index < -0.39 is 5.97 Å². The van der Waals surface area contributed by atoms with E-state index in [0.29, 0.717) is 12.2 Å². The Morgan fingerprint density at radius 1 is 1.37 bits per heavy atom. The molecule has 0 fully saturated rings. The summed E-state index contributed by atoms with van der Waals surface area (Å²) in [5.74, 6) is -0.948. The summed E-state index contributed by atoms with van der Waals surface area (Å²) in [5.41, 5.74) is 2.06. The molecule has 0 amide bonds. The van der Waals surface area contributed by atoms with Gasteiger partial charge in [-0.3, -0.25) is 9.36 Å². The molecular weight excluding hydrogens is 246 g/mol. The summed E-state index contributed by atoms with van der Waals surface area (Å²) in [7, 11) is 3.64. The first-order valence-corrected chi connectivity index (χ1v) is 6.01. The lowest BCUT2D eigenvalue weighted by molar-refractivity contribution is 0.0695. The van der Waals surface area contributed by atoms with Crippen molar-refractivity contribution in [1.82, 2.24) is 24.9 Å². The van der Waals surface area contributed by atoms with Gasteiger partial charge in [0.1, 0.15) is 5.56 Å². The molecule has 2 aromatic rings. The number of aromatic carboxylic acids is 1. The third kappa shape index (κ3) is 3.00. The molecule has 0 aromatic carbocycles. The number of hydrogen-bond acceptors (Lipinski definition) is 4. The SMILES string of the molecule is Cn1nccc1CCNCc1c(C(=O)O)cnn1C. The summed E-state index contributed by atoms with van der Waals surface area (Å²) in [4.78, 5) is 11.0. The molecule has 0 atom stereocenters. The highest BCUT2D eigenvalue weighted by atomic mass is 16.4. The second-order valence-corrected chi connectivity index (χ2v) is 4.31. The fourth-order valence-corrected chi connectivity index (χ4v) is 1.92. The van der Waals surface area contributed by atoms with Crippen molar-refractivity contribution in [2.24, 2.45) is 14.1 Å². The van der Waals surface area contributed by atoms with E-state index in [-0.39, 0.29) is 5.56 Å². The van der Waals surface area contributed by atoms with Crippen LogP contribution in [0.5, 0.6) is 0 Å². The van der Waals surface area contributed by atoms with Crippen LogP contribution in [0.25, 0.3) is 0 Å². The van der Waals surface area contributed by atoms with Crippen molar-refractivity contribution >= 4 is 5.97 Å². The molecule has 0 aliphatic rings. The summed E-state index contributed by atoms with van der Waals surface area (Å²) in [5, 5.41) is 20.3. The third-order valence-corrected chi connectivity index (χ3v) is 3.06. The van der Waals surface area contributed by atoms with E-state index in [1.54, 1.807) is 17.9 Å². The topological polar surface area (TPSA) is 85.0 Å². The van der Waals surface area contributed by atoms with Gasteiger partial charge in [-0.1, -0.05) is 0 Å². The monoisotopic (exact) mass is 263 g/mol. The lowest BCUT2D eigenvalue weighted by Crippen LogP contribution is -2.21. The van der Waals surface area contributed by atoms with Crippen LogP contribution < -0.4 is 5.32 Å². The van der Waals surface area contributed by atoms with E-state index in [1.807, 2.05) is 17.8 Å². The quantitative estimate of drug-likeness (QED) is 0.726. The van der Waals surface area contributed by atoms with Gasteiger partial charge >= 0.3 is 5.97 Å². The van der Waals surface area contributed by atoms with Crippen molar-refractivity contribution in [3.8, 4) is 0 Å². The number of aromatic nitrogens is 4. The van der Waals surface area contributed by atoms with E-state index in [1.165, 1.54) is 6.20 Å². The van der Waals surface area contributed by atoms with Crippen LogP contribution in [0.4, 0.5) is 0 Å². The largest absolute Gasteiger partial charge is 0.478 e. The molecule has 0 aliphatic heterocycles. The zero-order valence-corrected chi connectivity index (χ0v) is 11.0. The average Bonchev–Trinajstić information content (AvgIpc) is 2.92. The van der Waals surface area contributed by atoms with E-state index in [4.69, 9.17) is 5.11 Å². The molecule has 0 saturated carbocycles. The van der Waals surface area contributed by atoms with Gasteiger partial charge in [0.2, 0.25) is 0 Å². The van der Waals surface area contributed by atoms with E-state index in [0.717, 1.165) is 18.7 Å². The molecule has 0 saturated heterocycles. The lowest BCUT2D eigenvalue weighted by atomic mass is 10.2. The van der Waals surface area contributed by atoms with Gasteiger partial charge in [-0.15, -0.1) is 0 Å². The van der Waals surface area contributed by atoms with Crippen molar-refractivity contribution in [3.63, 3.8) is 0 Å². The first kappa shape index (κ1) is 13.3. The first-order chi connectivity index (χ1) is 9.09. The van der Waals surface area contributed by atoms with E-state index >= 15 is 0 Å². The second kappa shape index (κ2) is 5.66. The molecule has 0 unspecified atom stereocenters. The van der Waals surface area contributed by atoms with E-state index in [9.17, 15) is 4.79 Å². The molecule has 2 rings (SSSR count). The fourth-order valence-electron chi connectivity index (χ4n) is 1.92. The Balaban J connectivity index is 1.88. The first-order valence-electron chi connectivity index (χ1n) is 6.01. The number of aryl methyl sites for hydroxylation is 2. The highest BCUT2D eigenvalue weighted by molar-refractivity contribution is 5.88. The minimum atomic E-state index is -0.948. The number of nitrogens with zero attached hydrogens (tertiary/aromatic N) is 4. The van der Waals surface area contributed by atoms with Gasteiger partial charge in [-0.25, -0.2) is 4.79 Å². The Labute approximate surface area is 110 Å². The molecule has 102 valence electrons. The smallest absolute Gasteiger partial charge is 0.339 e. The van der Waals surface area contributed by atoms with Crippen LogP contribution in [0.15, 0.2) is 18.5 Å². The third-order valence-electron chi connectivity index (χ3n) is 3.06. The molecule has 7 nitrogen and oxygen atoms in total. The van der Waals surface area contributed by atoms with Crippen molar-refractivity contribution < 1.29 is 9.90 Å². The Hall–Kier alpha value is -2.15. The van der Waals surface area contributed by atoms with Crippen molar-refractivity contribution in [2.75, 3.05) is 6.54 Å². The van der Waals surface area contributed by atoms with Crippen LogP contribution in [0.3, 0.4) is 0 Å². The Morgan fingerprint density at radius 2 is 2.16 bits per heavy atom. The Morgan fingerprint density at radius 3 is 2.79 bits per heavy atom. The molecule has 2 N–H and O–H groups in total. The summed E-state index contributed by atoms with van der Waals surface area (Å²) < 4.78 is 3.41. The molecule has 0 radical (unpaired) electrons. The molecular formula is C12H17N5O2. The number of carbonyl (C=O) groups is 1. The van der Waals surface area contributed by atoms with Crippen LogP contribution in [-0.4, -0.2) is 37.2 Å². The normalized spacial score (nSPS) is 10.8. The zero-order chi connectivity index (χ0) is 13.8. The average molecular weight is 263 g/mol. The Bertz CT molecular complexity index is 572. The van der Waals surface area contributed by atoms with Gasteiger partial charge in [-0.2, -0.15) is 10.2 Å². The van der Waals surface area contributed by atoms with Crippen LogP contribution in [-0.2, 0) is 27.1 Å². The molecule has 2 aromatic heterocycles. The predicted molar refractivity (Wildman–Crippen MR) is 68.8 cm³/mol. The highest BCUT2D eigenvalue weighted by Crippen LogP contribution is 2.07. The molecule has 0 aliphatic carbocycles. The number of nitrogens with one attached hydrogen (secondary N) is 1. The van der Waals surface area contributed by atoms with Gasteiger partial charge in [0, 0.05) is 45.5 Å². The van der Waals surface area contributed by atoms with Crippen LogP contribution in [0, 0.1) is 0 Å². The molecule has 0 bridgehead atoms. The van der Waals surface area contributed by atoms with Crippen LogP contribution in [0.2, 0.25) is 0 Å². The van der Waals surface area contributed by atoms with Gasteiger partial charge in [0.25, 0.3) is 0 Å². The molecule has 7 heteroatoms. The molecule has 19 heavy (non-hydrogen) atoms. The minimum absolute atomic E-state index is 0.246. The maximum Gasteiger partial charge on any atom is 0.339 e. The van der Waals surface area contributed by atoms with Crippen LogP contribution in [0.1, 0.15) is 21.7 Å². The zero-order valence-electron chi connectivity index (χ0n) is 11.0. The summed E-state index contributed by atoms with van der Waals surface area (Å²) in [6.45, 7) is 1.24. The van der Waals surface area contributed by atoms with Crippen molar-refractivity contribution in [2.45, 2.75) is 13.0 Å². The summed E-state index contributed by atoms with van der Waals surface area (Å²) in [6, 6.07) is 1.97. The maximum absolute atomic E-state index is 11.0.